The predicted octanol–water partition coefficient (Wildman–Crippen LogP) is 4.54. The molecular formula is C16H13F2NS. The Kier molecular flexibility index (Phi) is 3.28. The van der Waals surface area contributed by atoms with Crippen LogP contribution in [0.15, 0.2) is 42.5 Å². The molecule has 2 aromatic carbocycles. The highest BCUT2D eigenvalue weighted by atomic mass is 32.1. The second-order valence-electron chi connectivity index (χ2n) is 4.83. The summed E-state index contributed by atoms with van der Waals surface area (Å²) in [5.41, 5.74) is 7.60. The molecule has 0 fully saturated rings. The quantitative estimate of drug-likeness (QED) is 0.736. The lowest BCUT2D eigenvalue weighted by Crippen LogP contribution is -2.12. The van der Waals surface area contributed by atoms with Gasteiger partial charge in [-0.25, -0.2) is 8.78 Å². The van der Waals surface area contributed by atoms with Gasteiger partial charge in [-0.05, 0) is 36.6 Å². The minimum absolute atomic E-state index is 0.277. The zero-order valence-electron chi connectivity index (χ0n) is 10.9. The number of aryl methyl sites for hydroxylation is 1. The summed E-state index contributed by atoms with van der Waals surface area (Å²) in [6.07, 6.45) is 0. The lowest BCUT2D eigenvalue weighted by atomic mass is 10.0. The highest BCUT2D eigenvalue weighted by Gasteiger charge is 2.16. The van der Waals surface area contributed by atoms with Crippen molar-refractivity contribution in [3.8, 4) is 0 Å². The van der Waals surface area contributed by atoms with Gasteiger partial charge in [0.2, 0.25) is 0 Å². The third-order valence-corrected chi connectivity index (χ3v) is 4.48. The van der Waals surface area contributed by atoms with E-state index in [4.69, 9.17) is 5.73 Å². The summed E-state index contributed by atoms with van der Waals surface area (Å²) >= 11 is 1.40. The second-order valence-corrected chi connectivity index (χ2v) is 5.95. The monoisotopic (exact) mass is 289 g/mol. The Morgan fingerprint density at radius 2 is 1.85 bits per heavy atom. The van der Waals surface area contributed by atoms with Crippen molar-refractivity contribution in [1.82, 2.24) is 0 Å². The molecule has 0 aliphatic heterocycles. The molecule has 4 heteroatoms. The molecule has 1 nitrogen and oxygen atoms in total. The van der Waals surface area contributed by atoms with E-state index in [2.05, 4.69) is 0 Å². The van der Waals surface area contributed by atoms with Crippen LogP contribution in [-0.2, 0) is 0 Å². The number of nitrogens with two attached hydrogens (primary N) is 1. The maximum Gasteiger partial charge on any atom is 0.128 e. The summed E-state index contributed by atoms with van der Waals surface area (Å²) in [5, 5.41) is 0.926. The number of halogens is 2. The van der Waals surface area contributed by atoms with Crippen molar-refractivity contribution in [2.45, 2.75) is 13.0 Å². The van der Waals surface area contributed by atoms with Crippen LogP contribution in [0.25, 0.3) is 10.1 Å². The predicted molar refractivity (Wildman–Crippen MR) is 79.0 cm³/mol. The Morgan fingerprint density at radius 3 is 2.65 bits per heavy atom. The Morgan fingerprint density at radius 1 is 1.05 bits per heavy atom. The third kappa shape index (κ3) is 2.32. The molecule has 102 valence electrons. The van der Waals surface area contributed by atoms with Crippen LogP contribution >= 0.6 is 11.3 Å². The molecule has 1 atom stereocenters. The summed E-state index contributed by atoms with van der Waals surface area (Å²) in [6, 6.07) is 10.9. The molecular weight excluding hydrogens is 276 g/mol. The lowest BCUT2D eigenvalue weighted by Gasteiger charge is -2.11. The fourth-order valence-corrected chi connectivity index (χ4v) is 3.34. The van der Waals surface area contributed by atoms with E-state index in [9.17, 15) is 8.78 Å². The summed E-state index contributed by atoms with van der Waals surface area (Å²) in [5.74, 6) is -0.590. The summed E-state index contributed by atoms with van der Waals surface area (Å²) in [4.78, 5) is 0.829. The molecule has 2 N–H and O–H groups in total. The van der Waals surface area contributed by atoms with Crippen LogP contribution in [0.1, 0.15) is 22.0 Å². The van der Waals surface area contributed by atoms with Crippen LogP contribution in [0.3, 0.4) is 0 Å². The number of benzene rings is 2. The molecule has 0 aliphatic carbocycles. The Bertz CT molecular complexity index is 779. The average molecular weight is 289 g/mol. The van der Waals surface area contributed by atoms with Crippen molar-refractivity contribution < 1.29 is 8.78 Å². The van der Waals surface area contributed by atoms with Gasteiger partial charge in [-0.3, -0.25) is 0 Å². The van der Waals surface area contributed by atoms with Crippen molar-refractivity contribution in [3.63, 3.8) is 0 Å². The highest BCUT2D eigenvalue weighted by molar-refractivity contribution is 7.19. The van der Waals surface area contributed by atoms with Gasteiger partial charge in [-0.15, -0.1) is 11.3 Å². The van der Waals surface area contributed by atoms with Gasteiger partial charge in [-0.1, -0.05) is 23.8 Å². The Hall–Kier alpha value is -1.78. The smallest absolute Gasteiger partial charge is 0.128 e. The molecule has 0 spiro atoms. The van der Waals surface area contributed by atoms with Crippen molar-refractivity contribution >= 4 is 21.4 Å². The first kappa shape index (κ1) is 13.2. The fraction of sp³-hybridized carbons (Fsp3) is 0.125. The summed E-state index contributed by atoms with van der Waals surface area (Å²) in [7, 11) is 0. The van der Waals surface area contributed by atoms with Crippen molar-refractivity contribution in [2.75, 3.05) is 0 Å². The van der Waals surface area contributed by atoms with Gasteiger partial charge in [0.05, 0.1) is 6.04 Å². The van der Waals surface area contributed by atoms with E-state index in [0.717, 1.165) is 20.5 Å². The van der Waals surface area contributed by atoms with Crippen molar-refractivity contribution in [1.29, 1.82) is 0 Å². The van der Waals surface area contributed by atoms with Gasteiger partial charge in [0, 0.05) is 15.1 Å². The molecule has 20 heavy (non-hydrogen) atoms. The van der Waals surface area contributed by atoms with Crippen LogP contribution in [0.2, 0.25) is 0 Å². The van der Waals surface area contributed by atoms with Gasteiger partial charge in [0.25, 0.3) is 0 Å². The van der Waals surface area contributed by atoms with E-state index in [1.165, 1.54) is 29.5 Å². The number of fused-ring (bicyclic) bond motifs is 1. The number of thiophene rings is 1. The van der Waals surface area contributed by atoms with E-state index >= 15 is 0 Å². The average Bonchev–Trinajstić information content (AvgIpc) is 2.83. The van der Waals surface area contributed by atoms with E-state index in [1.807, 2.05) is 13.0 Å². The fourth-order valence-electron chi connectivity index (χ4n) is 2.23. The normalized spacial score (nSPS) is 12.8. The third-order valence-electron chi connectivity index (χ3n) is 3.29. The van der Waals surface area contributed by atoms with Crippen LogP contribution in [0.5, 0.6) is 0 Å². The molecule has 0 amide bonds. The van der Waals surface area contributed by atoms with Crippen molar-refractivity contribution in [3.05, 3.63) is 70.1 Å². The minimum Gasteiger partial charge on any atom is -0.320 e. The van der Waals surface area contributed by atoms with Gasteiger partial charge >= 0.3 is 0 Å². The molecule has 0 bridgehead atoms. The number of rotatable bonds is 2. The van der Waals surface area contributed by atoms with Crippen molar-refractivity contribution in [2.24, 2.45) is 5.73 Å². The zero-order valence-corrected chi connectivity index (χ0v) is 11.7. The first-order valence-electron chi connectivity index (χ1n) is 6.25. The lowest BCUT2D eigenvalue weighted by molar-refractivity contribution is 0.600. The van der Waals surface area contributed by atoms with Gasteiger partial charge in [0.1, 0.15) is 11.6 Å². The van der Waals surface area contributed by atoms with Crippen LogP contribution < -0.4 is 5.73 Å². The molecule has 1 heterocycles. The molecule has 1 unspecified atom stereocenters. The topological polar surface area (TPSA) is 26.0 Å². The SMILES string of the molecule is Cc1ccc(F)c(C(N)c2cc3ccc(F)cc3s2)c1. The maximum absolute atomic E-state index is 13.9. The van der Waals surface area contributed by atoms with Crippen LogP contribution in [0.4, 0.5) is 8.78 Å². The Balaban J connectivity index is 2.07. The molecule has 0 radical (unpaired) electrons. The van der Waals surface area contributed by atoms with E-state index in [-0.39, 0.29) is 11.6 Å². The summed E-state index contributed by atoms with van der Waals surface area (Å²) in [6.45, 7) is 1.90. The molecule has 0 saturated carbocycles. The van der Waals surface area contributed by atoms with Gasteiger partial charge in [0.15, 0.2) is 0 Å². The highest BCUT2D eigenvalue weighted by Crippen LogP contribution is 2.33. The maximum atomic E-state index is 13.9. The molecule has 3 rings (SSSR count). The van der Waals surface area contributed by atoms with E-state index < -0.39 is 6.04 Å². The Labute approximate surface area is 119 Å². The molecule has 3 aromatic rings. The molecule has 0 saturated heterocycles. The van der Waals surface area contributed by atoms with E-state index in [0.29, 0.717) is 5.56 Å². The standard InChI is InChI=1S/C16H13F2NS/c1-9-2-5-13(18)12(6-9)16(19)15-7-10-3-4-11(17)8-14(10)20-15/h2-8,16H,19H2,1H3. The van der Waals surface area contributed by atoms with Gasteiger partial charge < -0.3 is 5.73 Å². The van der Waals surface area contributed by atoms with Crippen LogP contribution in [0, 0.1) is 18.6 Å². The minimum atomic E-state index is -0.532. The van der Waals surface area contributed by atoms with Gasteiger partial charge in [-0.2, -0.15) is 0 Å². The summed E-state index contributed by atoms with van der Waals surface area (Å²) < 4.78 is 27.9. The number of hydrogen-bond donors (Lipinski definition) is 1. The first-order chi connectivity index (χ1) is 9.54. The number of hydrogen-bond acceptors (Lipinski definition) is 2. The molecule has 1 aromatic heterocycles. The van der Waals surface area contributed by atoms with E-state index in [1.54, 1.807) is 18.2 Å². The van der Waals surface area contributed by atoms with Crippen LogP contribution in [-0.4, -0.2) is 0 Å². The second kappa shape index (κ2) is 4.96. The molecule has 0 aliphatic rings. The first-order valence-corrected chi connectivity index (χ1v) is 7.07. The largest absolute Gasteiger partial charge is 0.320 e. The zero-order chi connectivity index (χ0) is 14.3.